The molecule has 0 heterocycles. The highest BCUT2D eigenvalue weighted by molar-refractivity contribution is 5.67. The Morgan fingerprint density at radius 1 is 0.889 bits per heavy atom. The van der Waals surface area contributed by atoms with Crippen LogP contribution in [-0.4, -0.2) is 0 Å². The quantitative estimate of drug-likeness (QED) is 0.803. The van der Waals surface area contributed by atoms with E-state index in [0.717, 1.165) is 24.0 Å². The van der Waals surface area contributed by atoms with E-state index in [1.54, 1.807) is 6.07 Å². The summed E-state index contributed by atoms with van der Waals surface area (Å²) in [6.45, 7) is 4.29. The van der Waals surface area contributed by atoms with Gasteiger partial charge in [0.05, 0.1) is 5.69 Å². The average Bonchev–Trinajstić information content (AvgIpc) is 2.41. The van der Waals surface area contributed by atoms with Gasteiger partial charge in [0.15, 0.2) is 0 Å². The molecule has 0 spiro atoms. The van der Waals surface area contributed by atoms with E-state index in [9.17, 15) is 4.39 Å². The Morgan fingerprint density at radius 3 is 2.11 bits per heavy atom. The molecule has 0 fully saturated rings. The molecule has 2 aromatic rings. The number of rotatable bonds is 3. The van der Waals surface area contributed by atoms with E-state index in [2.05, 4.69) is 26.0 Å². The van der Waals surface area contributed by atoms with Crippen molar-refractivity contribution >= 4 is 5.69 Å². The number of anilines is 1. The van der Waals surface area contributed by atoms with Crippen molar-refractivity contribution in [3.8, 4) is 11.1 Å². The van der Waals surface area contributed by atoms with E-state index in [1.165, 1.54) is 17.2 Å². The van der Waals surface area contributed by atoms with Crippen LogP contribution in [-0.2, 0) is 12.8 Å². The molecule has 2 heteroatoms. The zero-order valence-corrected chi connectivity index (χ0v) is 10.8. The van der Waals surface area contributed by atoms with Crippen LogP contribution >= 0.6 is 0 Å². The Labute approximate surface area is 107 Å². The molecule has 0 aliphatic rings. The first-order chi connectivity index (χ1) is 8.65. The minimum Gasteiger partial charge on any atom is -0.396 e. The van der Waals surface area contributed by atoms with Crippen molar-refractivity contribution in [1.29, 1.82) is 0 Å². The highest BCUT2D eigenvalue weighted by Crippen LogP contribution is 2.25. The zero-order chi connectivity index (χ0) is 13.1. The highest BCUT2D eigenvalue weighted by Gasteiger charge is 2.05. The summed E-state index contributed by atoms with van der Waals surface area (Å²) in [5.74, 6) is -0.356. The van der Waals surface area contributed by atoms with Crippen LogP contribution in [0.4, 0.5) is 10.1 Å². The molecule has 1 nitrogen and oxygen atoms in total. The first kappa shape index (κ1) is 12.6. The molecule has 2 aromatic carbocycles. The van der Waals surface area contributed by atoms with Crippen LogP contribution in [0.1, 0.15) is 25.0 Å². The molecular formula is C16H18FN. The van der Waals surface area contributed by atoms with Gasteiger partial charge < -0.3 is 5.73 Å². The largest absolute Gasteiger partial charge is 0.396 e. The van der Waals surface area contributed by atoms with E-state index in [1.807, 2.05) is 12.1 Å². The van der Waals surface area contributed by atoms with Gasteiger partial charge in [-0.25, -0.2) is 4.39 Å². The summed E-state index contributed by atoms with van der Waals surface area (Å²) < 4.78 is 13.5. The normalized spacial score (nSPS) is 10.6. The average molecular weight is 243 g/mol. The summed E-state index contributed by atoms with van der Waals surface area (Å²) in [7, 11) is 0. The predicted molar refractivity (Wildman–Crippen MR) is 75.0 cm³/mol. The van der Waals surface area contributed by atoms with Gasteiger partial charge >= 0.3 is 0 Å². The fraction of sp³-hybridized carbons (Fsp3) is 0.250. The molecule has 94 valence electrons. The fourth-order valence-corrected chi connectivity index (χ4v) is 2.19. The second kappa shape index (κ2) is 5.21. The lowest BCUT2D eigenvalue weighted by molar-refractivity contribution is 0.633. The number of nitrogens with two attached hydrogens (primary N) is 1. The first-order valence-electron chi connectivity index (χ1n) is 6.33. The summed E-state index contributed by atoms with van der Waals surface area (Å²) in [4.78, 5) is 0. The second-order valence-electron chi connectivity index (χ2n) is 4.43. The summed E-state index contributed by atoms with van der Waals surface area (Å²) in [6, 6.07) is 11.3. The van der Waals surface area contributed by atoms with Gasteiger partial charge in [0, 0.05) is 0 Å². The molecule has 0 amide bonds. The number of hydrogen-bond acceptors (Lipinski definition) is 1. The van der Waals surface area contributed by atoms with Crippen LogP contribution in [0.5, 0.6) is 0 Å². The van der Waals surface area contributed by atoms with Gasteiger partial charge in [0.25, 0.3) is 0 Å². The molecule has 0 bridgehead atoms. The summed E-state index contributed by atoms with van der Waals surface area (Å²) in [5, 5.41) is 0. The predicted octanol–water partition coefficient (Wildman–Crippen LogP) is 4.20. The Kier molecular flexibility index (Phi) is 3.66. The minimum absolute atomic E-state index is 0.194. The molecule has 2 N–H and O–H groups in total. The molecule has 18 heavy (non-hydrogen) atoms. The number of aryl methyl sites for hydroxylation is 2. The van der Waals surface area contributed by atoms with Crippen LogP contribution in [0.15, 0.2) is 36.4 Å². The van der Waals surface area contributed by atoms with E-state index >= 15 is 0 Å². The maximum Gasteiger partial charge on any atom is 0.146 e. The first-order valence-corrected chi connectivity index (χ1v) is 6.33. The number of benzene rings is 2. The van der Waals surface area contributed by atoms with E-state index < -0.39 is 0 Å². The lowest BCUT2D eigenvalue weighted by Gasteiger charge is -2.09. The third kappa shape index (κ3) is 2.37. The maximum atomic E-state index is 13.5. The fourth-order valence-electron chi connectivity index (χ4n) is 2.19. The topological polar surface area (TPSA) is 26.0 Å². The second-order valence-corrected chi connectivity index (χ2v) is 4.43. The van der Waals surface area contributed by atoms with Crippen molar-refractivity contribution < 1.29 is 4.39 Å². The van der Waals surface area contributed by atoms with Gasteiger partial charge in [-0.05, 0) is 47.2 Å². The lowest BCUT2D eigenvalue weighted by atomic mass is 9.96. The molecule has 0 unspecified atom stereocenters. The van der Waals surface area contributed by atoms with Gasteiger partial charge in [0.1, 0.15) is 5.82 Å². The van der Waals surface area contributed by atoms with Crippen LogP contribution in [0.3, 0.4) is 0 Å². The third-order valence-corrected chi connectivity index (χ3v) is 3.30. The Hall–Kier alpha value is -1.83. The smallest absolute Gasteiger partial charge is 0.146 e. The Bertz CT molecular complexity index is 561. The van der Waals surface area contributed by atoms with Crippen molar-refractivity contribution in [2.75, 3.05) is 5.73 Å². The van der Waals surface area contributed by atoms with E-state index in [-0.39, 0.29) is 11.5 Å². The van der Waals surface area contributed by atoms with E-state index in [4.69, 9.17) is 5.73 Å². The van der Waals surface area contributed by atoms with Gasteiger partial charge in [-0.15, -0.1) is 0 Å². The monoisotopic (exact) mass is 243 g/mol. The minimum atomic E-state index is -0.356. The zero-order valence-electron chi connectivity index (χ0n) is 10.8. The summed E-state index contributed by atoms with van der Waals surface area (Å²) >= 11 is 0. The van der Waals surface area contributed by atoms with Gasteiger partial charge in [-0.2, -0.15) is 0 Å². The molecule has 0 aromatic heterocycles. The van der Waals surface area contributed by atoms with Crippen LogP contribution in [0.2, 0.25) is 0 Å². The SMILES string of the molecule is CCc1ccc(-c2ccc(N)c(F)c2)cc1CC. The van der Waals surface area contributed by atoms with Crippen molar-refractivity contribution in [3.63, 3.8) is 0 Å². The summed E-state index contributed by atoms with van der Waals surface area (Å²) in [6.07, 6.45) is 2.02. The Balaban J connectivity index is 2.47. The number of nitrogen functional groups attached to an aromatic ring is 1. The molecular weight excluding hydrogens is 225 g/mol. The van der Waals surface area contributed by atoms with E-state index in [0.29, 0.717) is 0 Å². The Morgan fingerprint density at radius 2 is 1.50 bits per heavy atom. The number of halogens is 1. The molecule has 0 aliphatic heterocycles. The molecule has 0 saturated heterocycles. The van der Waals surface area contributed by atoms with Crippen LogP contribution < -0.4 is 5.73 Å². The highest BCUT2D eigenvalue weighted by atomic mass is 19.1. The van der Waals surface area contributed by atoms with Crippen molar-refractivity contribution in [3.05, 3.63) is 53.3 Å². The van der Waals surface area contributed by atoms with Crippen LogP contribution in [0, 0.1) is 5.82 Å². The van der Waals surface area contributed by atoms with Crippen molar-refractivity contribution in [2.45, 2.75) is 26.7 Å². The summed E-state index contributed by atoms with van der Waals surface area (Å²) in [5.41, 5.74) is 10.3. The van der Waals surface area contributed by atoms with Crippen LogP contribution in [0.25, 0.3) is 11.1 Å². The van der Waals surface area contributed by atoms with Gasteiger partial charge in [0.2, 0.25) is 0 Å². The standard InChI is InChI=1S/C16H18FN/c1-3-11-5-6-13(9-12(11)4-2)14-7-8-16(18)15(17)10-14/h5-10H,3-4,18H2,1-2H3. The molecule has 0 saturated carbocycles. The molecule has 2 rings (SSSR count). The van der Waals surface area contributed by atoms with Crippen molar-refractivity contribution in [2.24, 2.45) is 0 Å². The molecule has 0 radical (unpaired) electrons. The third-order valence-electron chi connectivity index (χ3n) is 3.30. The molecule has 0 atom stereocenters. The van der Waals surface area contributed by atoms with Crippen molar-refractivity contribution in [1.82, 2.24) is 0 Å². The molecule has 0 aliphatic carbocycles. The van der Waals surface area contributed by atoms with Gasteiger partial charge in [-0.1, -0.05) is 38.1 Å². The maximum absolute atomic E-state index is 13.5. The van der Waals surface area contributed by atoms with Gasteiger partial charge in [-0.3, -0.25) is 0 Å². The number of hydrogen-bond donors (Lipinski definition) is 1. The lowest BCUT2D eigenvalue weighted by Crippen LogP contribution is -1.93.